The molecule has 1 aromatic rings. The van der Waals surface area contributed by atoms with Crippen LogP contribution in [0.5, 0.6) is 0 Å². The van der Waals surface area contributed by atoms with Crippen molar-refractivity contribution in [3.8, 4) is 0 Å². The van der Waals surface area contributed by atoms with Gasteiger partial charge < -0.3 is 14.6 Å². The highest BCUT2D eigenvalue weighted by molar-refractivity contribution is 7.12. The molecule has 2 unspecified atom stereocenters. The summed E-state index contributed by atoms with van der Waals surface area (Å²) in [4.78, 5) is 5.35. The lowest BCUT2D eigenvalue weighted by atomic mass is 9.79. The Morgan fingerprint density at radius 2 is 2.30 bits per heavy atom. The molecule has 5 heteroatoms. The van der Waals surface area contributed by atoms with E-state index in [0.717, 1.165) is 45.3 Å². The molecule has 0 amide bonds. The van der Waals surface area contributed by atoms with Crippen molar-refractivity contribution in [1.29, 1.82) is 0 Å². The first-order chi connectivity index (χ1) is 11.1. The molecule has 3 aliphatic rings. The summed E-state index contributed by atoms with van der Waals surface area (Å²) in [6.07, 6.45) is 4.44. The van der Waals surface area contributed by atoms with Gasteiger partial charge in [-0.25, -0.2) is 0 Å². The molecule has 128 valence electrons. The molecule has 0 radical (unpaired) electrons. The second kappa shape index (κ2) is 6.12. The maximum Gasteiger partial charge on any atom is 0.137 e. The van der Waals surface area contributed by atoms with E-state index in [2.05, 4.69) is 24.8 Å². The highest BCUT2D eigenvalue weighted by atomic mass is 32.1. The van der Waals surface area contributed by atoms with Crippen LogP contribution in [0, 0.1) is 0 Å². The summed E-state index contributed by atoms with van der Waals surface area (Å²) >= 11 is 1.97. The summed E-state index contributed by atoms with van der Waals surface area (Å²) in [5.41, 5.74) is 1.33. The summed E-state index contributed by atoms with van der Waals surface area (Å²) < 4.78 is 12.2. The predicted molar refractivity (Wildman–Crippen MR) is 90.8 cm³/mol. The summed E-state index contributed by atoms with van der Waals surface area (Å²) in [7, 11) is 0. The number of ether oxygens (including phenoxy) is 2. The molecule has 2 saturated heterocycles. The zero-order valence-corrected chi connectivity index (χ0v) is 14.9. The fourth-order valence-corrected chi connectivity index (χ4v) is 5.68. The molecule has 2 fully saturated rings. The van der Waals surface area contributed by atoms with Crippen LogP contribution in [-0.2, 0) is 27.9 Å². The zero-order valence-electron chi connectivity index (χ0n) is 14.1. The van der Waals surface area contributed by atoms with Crippen molar-refractivity contribution in [2.45, 2.75) is 69.9 Å². The predicted octanol–water partition coefficient (Wildman–Crippen LogP) is 2.67. The molecule has 1 N–H and O–H groups in total. The number of fused-ring (bicyclic) bond motifs is 2. The van der Waals surface area contributed by atoms with Crippen molar-refractivity contribution in [3.63, 3.8) is 0 Å². The molecule has 4 atom stereocenters. The van der Waals surface area contributed by atoms with E-state index >= 15 is 0 Å². The molecule has 0 saturated carbocycles. The van der Waals surface area contributed by atoms with E-state index in [0.29, 0.717) is 12.6 Å². The van der Waals surface area contributed by atoms with Gasteiger partial charge in [0.25, 0.3) is 0 Å². The molecular formula is C18H27NO3S. The lowest BCUT2D eigenvalue weighted by Crippen LogP contribution is -2.55. The Balaban J connectivity index is 1.57. The van der Waals surface area contributed by atoms with Crippen molar-refractivity contribution in [2.24, 2.45) is 0 Å². The number of aryl methyl sites for hydroxylation is 1. The minimum absolute atomic E-state index is 0.114. The third-order valence-corrected chi connectivity index (χ3v) is 7.07. The maximum atomic E-state index is 10.2. The Labute approximate surface area is 142 Å². The molecule has 1 spiro atoms. The van der Waals surface area contributed by atoms with E-state index in [1.807, 2.05) is 11.3 Å². The monoisotopic (exact) mass is 337 g/mol. The second-order valence-electron chi connectivity index (χ2n) is 7.15. The average molecular weight is 337 g/mol. The van der Waals surface area contributed by atoms with Crippen molar-refractivity contribution in [1.82, 2.24) is 4.90 Å². The summed E-state index contributed by atoms with van der Waals surface area (Å²) in [5, 5.41) is 10.2. The lowest BCUT2D eigenvalue weighted by molar-refractivity contribution is -0.156. The minimum atomic E-state index is -0.345. The van der Waals surface area contributed by atoms with Gasteiger partial charge in [-0.1, -0.05) is 6.92 Å². The first-order valence-corrected chi connectivity index (χ1v) is 9.76. The van der Waals surface area contributed by atoms with Gasteiger partial charge in [-0.15, -0.1) is 11.3 Å². The van der Waals surface area contributed by atoms with E-state index in [9.17, 15) is 5.11 Å². The van der Waals surface area contributed by atoms with Crippen molar-refractivity contribution < 1.29 is 14.6 Å². The average Bonchev–Trinajstić information content (AvgIpc) is 3.15. The van der Waals surface area contributed by atoms with Crippen molar-refractivity contribution in [2.75, 3.05) is 19.8 Å². The fourth-order valence-electron chi connectivity index (χ4n) is 4.51. The quantitative estimate of drug-likeness (QED) is 0.901. The molecule has 4 nitrogen and oxygen atoms in total. The number of hydrogen-bond donors (Lipinski definition) is 1. The molecule has 0 bridgehead atoms. The summed E-state index contributed by atoms with van der Waals surface area (Å²) in [6, 6.07) is 2.75. The molecule has 0 aliphatic carbocycles. The van der Waals surface area contributed by atoms with Gasteiger partial charge in [-0.3, -0.25) is 4.90 Å². The largest absolute Gasteiger partial charge is 0.389 e. The van der Waals surface area contributed by atoms with Gasteiger partial charge in [0.2, 0.25) is 0 Å². The van der Waals surface area contributed by atoms with Crippen LogP contribution in [0.2, 0.25) is 0 Å². The fraction of sp³-hybridized carbons (Fsp3) is 0.778. The van der Waals surface area contributed by atoms with E-state index in [-0.39, 0.29) is 17.9 Å². The second-order valence-corrected chi connectivity index (χ2v) is 8.38. The highest BCUT2D eigenvalue weighted by Gasteiger charge is 2.47. The van der Waals surface area contributed by atoms with Gasteiger partial charge in [-0.05, 0) is 37.8 Å². The molecule has 3 aliphatic heterocycles. The summed E-state index contributed by atoms with van der Waals surface area (Å²) in [5.74, 6) is 0. The van der Waals surface area contributed by atoms with Crippen molar-refractivity contribution >= 4 is 11.3 Å². The van der Waals surface area contributed by atoms with Crippen LogP contribution in [0.4, 0.5) is 0 Å². The van der Waals surface area contributed by atoms with Gasteiger partial charge in [0.1, 0.15) is 6.23 Å². The number of thiophene rings is 1. The number of rotatable bonds is 2. The van der Waals surface area contributed by atoms with E-state index in [1.165, 1.54) is 15.3 Å². The number of piperidine rings is 1. The number of aliphatic hydroxyl groups is 1. The SMILES string of the molecule is CCc1cc2c(s1)CCO[C@@]21CCN(C2OCCC2O)[C@@H](C)C1. The Bertz CT molecular complexity index is 575. The number of aliphatic hydroxyl groups excluding tert-OH is 1. The van der Waals surface area contributed by atoms with Crippen LogP contribution in [-0.4, -0.2) is 48.1 Å². The van der Waals surface area contributed by atoms with Gasteiger partial charge in [0.05, 0.1) is 24.9 Å². The molecule has 4 heterocycles. The first-order valence-electron chi connectivity index (χ1n) is 8.94. The molecule has 1 aromatic heterocycles. The van der Waals surface area contributed by atoms with Crippen LogP contribution >= 0.6 is 11.3 Å². The van der Waals surface area contributed by atoms with Gasteiger partial charge in [0.15, 0.2) is 0 Å². The van der Waals surface area contributed by atoms with Gasteiger partial charge >= 0.3 is 0 Å². The Morgan fingerprint density at radius 1 is 1.43 bits per heavy atom. The molecule has 23 heavy (non-hydrogen) atoms. The first kappa shape index (κ1) is 16.0. The zero-order chi connectivity index (χ0) is 16.0. The number of hydrogen-bond acceptors (Lipinski definition) is 5. The van der Waals surface area contributed by atoms with E-state index in [1.54, 1.807) is 0 Å². The third-order valence-electron chi connectivity index (χ3n) is 5.73. The number of nitrogens with zero attached hydrogens (tertiary/aromatic N) is 1. The summed E-state index contributed by atoms with van der Waals surface area (Å²) in [6.45, 7) is 6.92. The number of likely N-dealkylation sites (tertiary alicyclic amines) is 1. The molecule has 0 aromatic carbocycles. The highest BCUT2D eigenvalue weighted by Crippen LogP contribution is 2.46. The van der Waals surface area contributed by atoms with Crippen LogP contribution in [0.15, 0.2) is 6.07 Å². The van der Waals surface area contributed by atoms with Gasteiger partial charge in [0, 0.05) is 35.2 Å². The topological polar surface area (TPSA) is 41.9 Å². The molecule has 4 rings (SSSR count). The Hall–Kier alpha value is -0.460. The van der Waals surface area contributed by atoms with Gasteiger partial charge in [-0.2, -0.15) is 0 Å². The standard InChI is InChI=1S/C18H27NO3S/c1-3-13-10-14-16(23-13)5-9-22-18(14)6-7-19(12(2)11-18)17-15(20)4-8-21-17/h10,12,15,17,20H,3-9,11H2,1-2H3/t12-,15?,17?,18+/m0/s1. The lowest BCUT2D eigenvalue weighted by Gasteiger charge is -2.49. The normalized spacial score (nSPS) is 38.1. The van der Waals surface area contributed by atoms with Crippen LogP contribution in [0.3, 0.4) is 0 Å². The van der Waals surface area contributed by atoms with Crippen LogP contribution in [0.25, 0.3) is 0 Å². The van der Waals surface area contributed by atoms with Crippen LogP contribution in [0.1, 0.15) is 48.4 Å². The maximum absolute atomic E-state index is 10.2. The Morgan fingerprint density at radius 3 is 3.00 bits per heavy atom. The minimum Gasteiger partial charge on any atom is -0.389 e. The van der Waals surface area contributed by atoms with Crippen LogP contribution < -0.4 is 0 Å². The van der Waals surface area contributed by atoms with E-state index in [4.69, 9.17) is 9.47 Å². The smallest absolute Gasteiger partial charge is 0.137 e. The van der Waals surface area contributed by atoms with Crippen molar-refractivity contribution in [3.05, 3.63) is 21.4 Å². The molecular weight excluding hydrogens is 310 g/mol. The third kappa shape index (κ3) is 2.67. The van der Waals surface area contributed by atoms with E-state index < -0.39 is 0 Å². The Kier molecular flexibility index (Phi) is 4.26.